The first-order chi connectivity index (χ1) is 9.32. The molecular weight excluding hydrogens is 358 g/mol. The minimum absolute atomic E-state index is 0.178. The van der Waals surface area contributed by atoms with Gasteiger partial charge in [-0.2, -0.15) is 4.31 Å². The molecule has 0 aliphatic carbocycles. The van der Waals surface area contributed by atoms with Crippen molar-refractivity contribution < 1.29 is 8.42 Å². The Morgan fingerprint density at radius 1 is 1.15 bits per heavy atom. The number of rotatable bonds is 4. The molecule has 0 saturated carbocycles. The maximum absolute atomic E-state index is 12.6. The van der Waals surface area contributed by atoms with Crippen LogP contribution in [-0.2, 0) is 10.0 Å². The lowest BCUT2D eigenvalue weighted by Crippen LogP contribution is -2.29. The Kier molecular flexibility index (Phi) is 4.69. The van der Waals surface area contributed by atoms with E-state index in [0.717, 1.165) is 9.35 Å². The highest BCUT2D eigenvalue weighted by atomic mass is 79.9. The number of hydrogen-bond acceptors (Lipinski definition) is 3. The molecule has 1 aromatic carbocycles. The molecule has 0 fully saturated rings. The molecule has 1 heterocycles. The van der Waals surface area contributed by atoms with E-state index in [2.05, 4.69) is 15.9 Å². The van der Waals surface area contributed by atoms with Gasteiger partial charge in [0.25, 0.3) is 0 Å². The summed E-state index contributed by atoms with van der Waals surface area (Å²) in [7, 11) is -1.85. The lowest BCUT2D eigenvalue weighted by atomic mass is 10.3. The fourth-order valence-corrected chi connectivity index (χ4v) is 4.48. The highest BCUT2D eigenvalue weighted by molar-refractivity contribution is 9.10. The highest BCUT2D eigenvalue weighted by Gasteiger charge is 2.26. The molecule has 1 aromatic heterocycles. The predicted molar refractivity (Wildman–Crippen MR) is 86.6 cm³/mol. The average Bonchev–Trinajstić information content (AvgIpc) is 2.84. The minimum atomic E-state index is -3.47. The lowest BCUT2D eigenvalue weighted by Gasteiger charge is -2.23. The van der Waals surface area contributed by atoms with Crippen molar-refractivity contribution in [1.29, 1.82) is 0 Å². The Labute approximate surface area is 132 Å². The summed E-state index contributed by atoms with van der Waals surface area (Å²) in [6.45, 7) is 3.92. The van der Waals surface area contributed by atoms with Gasteiger partial charge in [-0.1, -0.05) is 15.9 Å². The van der Waals surface area contributed by atoms with E-state index in [4.69, 9.17) is 0 Å². The normalized spacial score (nSPS) is 13.7. The SMILES string of the molecule is Cc1ccc(C(C)N(C)S(=O)(=O)c2ccc(Br)cc2)s1. The van der Waals surface area contributed by atoms with Crippen LogP contribution in [0.15, 0.2) is 45.8 Å². The third-order valence-electron chi connectivity index (χ3n) is 3.21. The molecule has 0 amide bonds. The van der Waals surface area contributed by atoms with Crippen molar-refractivity contribution in [3.05, 3.63) is 50.6 Å². The second kappa shape index (κ2) is 5.97. The molecular formula is C14H16BrNO2S2. The maximum Gasteiger partial charge on any atom is 0.243 e. The lowest BCUT2D eigenvalue weighted by molar-refractivity contribution is 0.403. The number of thiophene rings is 1. The van der Waals surface area contributed by atoms with E-state index in [9.17, 15) is 8.42 Å². The Balaban J connectivity index is 2.31. The smallest absolute Gasteiger partial charge is 0.207 e. The molecule has 3 nitrogen and oxygen atoms in total. The predicted octanol–water partition coefficient (Wildman–Crippen LogP) is 4.20. The maximum atomic E-state index is 12.6. The van der Waals surface area contributed by atoms with E-state index in [1.54, 1.807) is 42.6 Å². The molecule has 0 radical (unpaired) electrons. The van der Waals surface area contributed by atoms with Crippen LogP contribution in [0.3, 0.4) is 0 Å². The van der Waals surface area contributed by atoms with E-state index >= 15 is 0 Å². The molecule has 0 N–H and O–H groups in total. The zero-order chi connectivity index (χ0) is 14.9. The molecule has 0 saturated heterocycles. The van der Waals surface area contributed by atoms with Crippen LogP contribution in [0, 0.1) is 6.92 Å². The van der Waals surface area contributed by atoms with Gasteiger partial charge in [-0.3, -0.25) is 0 Å². The molecule has 0 spiro atoms. The topological polar surface area (TPSA) is 37.4 Å². The Hall–Kier alpha value is -0.690. The van der Waals surface area contributed by atoms with Crippen LogP contribution in [0.4, 0.5) is 0 Å². The fourth-order valence-electron chi connectivity index (χ4n) is 1.84. The molecule has 1 atom stereocenters. The molecule has 2 aromatic rings. The van der Waals surface area contributed by atoms with Crippen molar-refractivity contribution in [3.63, 3.8) is 0 Å². The van der Waals surface area contributed by atoms with E-state index in [1.165, 1.54) is 9.18 Å². The number of halogens is 1. The molecule has 0 aliphatic rings. The molecule has 0 bridgehead atoms. The molecule has 6 heteroatoms. The van der Waals surface area contributed by atoms with Crippen molar-refractivity contribution in [1.82, 2.24) is 4.31 Å². The average molecular weight is 374 g/mol. The van der Waals surface area contributed by atoms with Gasteiger partial charge < -0.3 is 0 Å². The van der Waals surface area contributed by atoms with Gasteiger partial charge in [0.05, 0.1) is 10.9 Å². The van der Waals surface area contributed by atoms with Crippen LogP contribution >= 0.6 is 27.3 Å². The number of hydrogen-bond donors (Lipinski definition) is 0. The summed E-state index contributed by atoms with van der Waals surface area (Å²) in [6, 6.07) is 10.5. The van der Waals surface area contributed by atoms with Crippen molar-refractivity contribution in [2.45, 2.75) is 24.8 Å². The van der Waals surface area contributed by atoms with Crippen molar-refractivity contribution in [3.8, 4) is 0 Å². The Morgan fingerprint density at radius 2 is 1.75 bits per heavy atom. The van der Waals surface area contributed by atoms with Gasteiger partial charge >= 0.3 is 0 Å². The van der Waals surface area contributed by atoms with Crippen LogP contribution in [0.1, 0.15) is 22.7 Å². The molecule has 108 valence electrons. The Bertz CT molecular complexity index is 692. The van der Waals surface area contributed by atoms with Gasteiger partial charge in [-0.15, -0.1) is 11.3 Å². The standard InChI is InChI=1S/C14H16BrNO2S2/c1-10-4-9-14(19-10)11(2)16(3)20(17,18)13-7-5-12(15)6-8-13/h4-9,11H,1-3H3. The number of sulfonamides is 1. The van der Waals surface area contributed by atoms with Crippen LogP contribution in [0.25, 0.3) is 0 Å². The summed E-state index contributed by atoms with van der Waals surface area (Å²) >= 11 is 4.94. The third-order valence-corrected chi connectivity index (χ3v) is 6.85. The van der Waals surface area contributed by atoms with E-state index in [1.807, 2.05) is 26.0 Å². The van der Waals surface area contributed by atoms with Gasteiger partial charge in [0.15, 0.2) is 0 Å². The van der Waals surface area contributed by atoms with Gasteiger partial charge in [0.1, 0.15) is 0 Å². The highest BCUT2D eigenvalue weighted by Crippen LogP contribution is 2.30. The second-order valence-electron chi connectivity index (χ2n) is 4.60. The van der Waals surface area contributed by atoms with E-state index < -0.39 is 10.0 Å². The van der Waals surface area contributed by atoms with Gasteiger partial charge in [0, 0.05) is 21.3 Å². The fraction of sp³-hybridized carbons (Fsp3) is 0.286. The summed E-state index contributed by atoms with van der Waals surface area (Å²) in [5.74, 6) is 0. The summed E-state index contributed by atoms with van der Waals surface area (Å²) in [4.78, 5) is 2.54. The summed E-state index contributed by atoms with van der Waals surface area (Å²) in [6.07, 6.45) is 0. The minimum Gasteiger partial charge on any atom is -0.207 e. The van der Waals surface area contributed by atoms with Crippen LogP contribution in [-0.4, -0.2) is 19.8 Å². The molecule has 20 heavy (non-hydrogen) atoms. The molecule has 1 unspecified atom stereocenters. The largest absolute Gasteiger partial charge is 0.243 e. The van der Waals surface area contributed by atoms with Gasteiger partial charge in [-0.25, -0.2) is 8.42 Å². The van der Waals surface area contributed by atoms with Crippen LogP contribution < -0.4 is 0 Å². The number of nitrogens with zero attached hydrogens (tertiary/aromatic N) is 1. The van der Waals surface area contributed by atoms with Crippen molar-refractivity contribution in [2.24, 2.45) is 0 Å². The second-order valence-corrected chi connectivity index (χ2v) is 8.83. The first kappa shape index (κ1) is 15.7. The summed E-state index contributed by atoms with van der Waals surface area (Å²) in [5.41, 5.74) is 0. The third kappa shape index (κ3) is 3.14. The number of aryl methyl sites for hydroxylation is 1. The quantitative estimate of drug-likeness (QED) is 0.804. The zero-order valence-corrected chi connectivity index (χ0v) is 14.7. The monoisotopic (exact) mass is 373 g/mol. The molecule has 0 aliphatic heterocycles. The van der Waals surface area contributed by atoms with Crippen LogP contribution in [0.2, 0.25) is 0 Å². The van der Waals surface area contributed by atoms with Crippen molar-refractivity contribution >= 4 is 37.3 Å². The van der Waals surface area contributed by atoms with Gasteiger partial charge in [0.2, 0.25) is 10.0 Å². The first-order valence-corrected chi connectivity index (χ1v) is 9.17. The van der Waals surface area contributed by atoms with E-state index in [-0.39, 0.29) is 6.04 Å². The summed E-state index contributed by atoms with van der Waals surface area (Å²) < 4.78 is 27.4. The number of benzene rings is 1. The van der Waals surface area contributed by atoms with Gasteiger partial charge in [-0.05, 0) is 50.2 Å². The Morgan fingerprint density at radius 3 is 2.25 bits per heavy atom. The van der Waals surface area contributed by atoms with E-state index in [0.29, 0.717) is 4.90 Å². The van der Waals surface area contributed by atoms with Crippen LogP contribution in [0.5, 0.6) is 0 Å². The molecule has 2 rings (SSSR count). The zero-order valence-electron chi connectivity index (χ0n) is 11.5. The van der Waals surface area contributed by atoms with Crippen molar-refractivity contribution in [2.75, 3.05) is 7.05 Å². The first-order valence-electron chi connectivity index (χ1n) is 6.12. The summed E-state index contributed by atoms with van der Waals surface area (Å²) in [5, 5.41) is 0.